The van der Waals surface area contributed by atoms with Crippen LogP contribution in [0.25, 0.3) is 33.3 Å². The maximum absolute atomic E-state index is 15.4. The molecule has 1 fully saturated rings. The molecule has 1 amide bonds. The number of ether oxygens (including phenoxy) is 1. The van der Waals surface area contributed by atoms with E-state index in [2.05, 4.69) is 15.3 Å². The maximum atomic E-state index is 15.4. The molecule has 1 saturated heterocycles. The van der Waals surface area contributed by atoms with Crippen molar-refractivity contribution in [3.05, 3.63) is 94.8 Å². The van der Waals surface area contributed by atoms with Crippen molar-refractivity contribution in [1.82, 2.24) is 19.1 Å². The monoisotopic (exact) mass is 570 g/mol. The van der Waals surface area contributed by atoms with Crippen LogP contribution in [0.15, 0.2) is 72.2 Å². The van der Waals surface area contributed by atoms with Crippen molar-refractivity contribution in [3.63, 3.8) is 0 Å². The Kier molecular flexibility index (Phi) is 7.26. The topological polar surface area (TPSA) is 117 Å². The molecule has 1 aliphatic rings. The number of carbonyl (C=O) groups is 1. The van der Waals surface area contributed by atoms with Crippen LogP contribution in [0.3, 0.4) is 0 Å². The van der Waals surface area contributed by atoms with Gasteiger partial charge in [0, 0.05) is 56.5 Å². The molecular formula is C31H28F2N6O3. The molecule has 9 nitrogen and oxygen atoms in total. The number of rotatable bonds is 6. The average molecular weight is 571 g/mol. The minimum atomic E-state index is -0.751. The van der Waals surface area contributed by atoms with Crippen molar-refractivity contribution < 1.29 is 18.3 Å². The van der Waals surface area contributed by atoms with Gasteiger partial charge in [0.15, 0.2) is 0 Å². The van der Waals surface area contributed by atoms with E-state index >= 15 is 4.39 Å². The van der Waals surface area contributed by atoms with Crippen LogP contribution in [0.4, 0.5) is 20.3 Å². The summed E-state index contributed by atoms with van der Waals surface area (Å²) in [5.74, 6) is -1.30. The molecule has 0 unspecified atom stereocenters. The lowest BCUT2D eigenvalue weighted by Crippen LogP contribution is -2.27. The molecule has 0 aliphatic carbocycles. The molecule has 214 valence electrons. The second kappa shape index (κ2) is 11.2. The van der Waals surface area contributed by atoms with Crippen molar-refractivity contribution in [2.45, 2.75) is 19.4 Å². The number of benzene rings is 2. The average Bonchev–Trinajstić information content (AvgIpc) is 3.33. The molecule has 5 aromatic rings. The van der Waals surface area contributed by atoms with Gasteiger partial charge in [-0.15, -0.1) is 0 Å². The number of hydrogen-bond acceptors (Lipinski definition) is 6. The summed E-state index contributed by atoms with van der Waals surface area (Å²) < 4.78 is 38.0. The fourth-order valence-corrected chi connectivity index (χ4v) is 5.39. The Labute approximate surface area is 239 Å². The second-order valence-corrected chi connectivity index (χ2v) is 10.4. The van der Waals surface area contributed by atoms with E-state index in [1.807, 2.05) is 0 Å². The van der Waals surface area contributed by atoms with Crippen molar-refractivity contribution in [2.75, 3.05) is 24.3 Å². The minimum absolute atomic E-state index is 0.0872. The highest BCUT2D eigenvalue weighted by Gasteiger charge is 2.21. The van der Waals surface area contributed by atoms with Gasteiger partial charge >= 0.3 is 0 Å². The first kappa shape index (κ1) is 27.3. The molecule has 3 N–H and O–H groups in total. The van der Waals surface area contributed by atoms with Gasteiger partial charge in [-0.3, -0.25) is 9.59 Å². The predicted octanol–water partition coefficient (Wildman–Crippen LogP) is 5.00. The second-order valence-electron chi connectivity index (χ2n) is 10.4. The molecule has 3 aromatic heterocycles. The van der Waals surface area contributed by atoms with Gasteiger partial charge in [-0.05, 0) is 54.2 Å². The largest absolute Gasteiger partial charge is 0.383 e. The summed E-state index contributed by atoms with van der Waals surface area (Å²) in [5, 5.41) is 3.15. The van der Waals surface area contributed by atoms with Gasteiger partial charge in [0.2, 0.25) is 5.43 Å². The first-order chi connectivity index (χ1) is 20.3. The summed E-state index contributed by atoms with van der Waals surface area (Å²) in [6.07, 6.45) is 8.02. The molecule has 6 rings (SSSR count). The Morgan fingerprint density at radius 3 is 2.50 bits per heavy atom. The number of halogens is 2. The van der Waals surface area contributed by atoms with Gasteiger partial charge in [-0.25, -0.2) is 18.7 Å². The lowest BCUT2D eigenvalue weighted by Gasteiger charge is -2.23. The molecule has 0 bridgehead atoms. The molecule has 1 aliphatic heterocycles. The molecule has 42 heavy (non-hydrogen) atoms. The molecule has 11 heteroatoms. The third kappa shape index (κ3) is 5.26. The van der Waals surface area contributed by atoms with E-state index in [1.165, 1.54) is 48.9 Å². The molecule has 0 radical (unpaired) electrons. The van der Waals surface area contributed by atoms with Crippen LogP contribution in [0, 0.1) is 17.6 Å². The lowest BCUT2D eigenvalue weighted by molar-refractivity contribution is 0.0612. The molecule has 0 saturated carbocycles. The van der Waals surface area contributed by atoms with Crippen LogP contribution in [-0.2, 0) is 18.3 Å². The van der Waals surface area contributed by atoms with Gasteiger partial charge in [0.05, 0.1) is 11.1 Å². The number of aryl methyl sites for hydroxylation is 1. The van der Waals surface area contributed by atoms with E-state index in [0.29, 0.717) is 53.4 Å². The van der Waals surface area contributed by atoms with Gasteiger partial charge in [0.1, 0.15) is 35.0 Å². The van der Waals surface area contributed by atoms with Crippen molar-refractivity contribution >= 4 is 28.4 Å². The third-order valence-electron chi connectivity index (χ3n) is 7.60. The SMILES string of the molecule is Cn1cc(-c2ccc(NC(=O)c3cn(CC4CCOCC4)cc(-c4ccc(F)cc4)c3=O)c(F)c2)c2c(N)ncnc21. The van der Waals surface area contributed by atoms with Gasteiger partial charge in [-0.1, -0.05) is 18.2 Å². The summed E-state index contributed by atoms with van der Waals surface area (Å²) in [5.41, 5.74) is 7.81. The van der Waals surface area contributed by atoms with E-state index in [-0.39, 0.29) is 22.6 Å². The van der Waals surface area contributed by atoms with Crippen LogP contribution >= 0.6 is 0 Å². The van der Waals surface area contributed by atoms with Crippen LogP contribution in [-0.4, -0.2) is 38.2 Å². The summed E-state index contributed by atoms with van der Waals surface area (Å²) in [4.78, 5) is 35.2. The molecular weight excluding hydrogens is 542 g/mol. The smallest absolute Gasteiger partial charge is 0.261 e. The van der Waals surface area contributed by atoms with Crippen LogP contribution in [0.1, 0.15) is 23.2 Å². The quantitative estimate of drug-likeness (QED) is 0.297. The number of hydrogen-bond donors (Lipinski definition) is 2. The number of nitrogens with zero attached hydrogens (tertiary/aromatic N) is 4. The third-order valence-corrected chi connectivity index (χ3v) is 7.60. The zero-order valence-electron chi connectivity index (χ0n) is 22.8. The minimum Gasteiger partial charge on any atom is -0.383 e. The number of nitrogens with two attached hydrogens (primary N) is 1. The zero-order valence-corrected chi connectivity index (χ0v) is 22.8. The summed E-state index contributed by atoms with van der Waals surface area (Å²) >= 11 is 0. The summed E-state index contributed by atoms with van der Waals surface area (Å²) in [6.45, 7) is 1.87. The van der Waals surface area contributed by atoms with Crippen LogP contribution in [0.2, 0.25) is 0 Å². The number of fused-ring (bicyclic) bond motifs is 1. The van der Waals surface area contributed by atoms with E-state index in [9.17, 15) is 14.0 Å². The Bertz CT molecular complexity index is 1860. The Morgan fingerprint density at radius 2 is 1.76 bits per heavy atom. The van der Waals surface area contributed by atoms with Crippen molar-refractivity contribution in [1.29, 1.82) is 0 Å². The standard InChI is InChI=1S/C31H28F2N6O3/c1-38-14-22(27-29(34)35-17-36-30(27)38)20-4-7-26(25(33)12-20)37-31(41)24-16-39(13-18-8-10-42-11-9-18)15-23(28(24)40)19-2-5-21(32)6-3-19/h2-7,12,14-18H,8-11,13H2,1H3,(H,37,41)(H2,34,35,36). The normalized spacial score (nSPS) is 13.9. The van der Waals surface area contributed by atoms with Crippen LogP contribution in [0.5, 0.6) is 0 Å². The van der Waals surface area contributed by atoms with Crippen LogP contribution < -0.4 is 16.5 Å². The van der Waals surface area contributed by atoms with E-state index in [1.54, 1.807) is 34.6 Å². The van der Waals surface area contributed by atoms with E-state index < -0.39 is 23.0 Å². The number of aromatic nitrogens is 4. The predicted molar refractivity (Wildman–Crippen MR) is 156 cm³/mol. The van der Waals surface area contributed by atoms with E-state index in [4.69, 9.17) is 10.5 Å². The van der Waals surface area contributed by atoms with E-state index in [0.717, 1.165) is 12.8 Å². The number of nitrogen functional groups attached to an aromatic ring is 1. The number of pyridine rings is 1. The Morgan fingerprint density at radius 1 is 1.02 bits per heavy atom. The number of carbonyl (C=O) groups excluding carboxylic acids is 1. The van der Waals surface area contributed by atoms with Gasteiger partial charge in [0.25, 0.3) is 5.91 Å². The van der Waals surface area contributed by atoms with Gasteiger partial charge < -0.3 is 24.9 Å². The molecule has 4 heterocycles. The lowest BCUT2D eigenvalue weighted by atomic mass is 9.99. The molecule has 0 atom stereocenters. The van der Waals surface area contributed by atoms with Crippen molar-refractivity contribution in [2.24, 2.45) is 13.0 Å². The fraction of sp³-hybridized carbons (Fsp3) is 0.226. The Balaban J connectivity index is 1.33. The summed E-state index contributed by atoms with van der Waals surface area (Å²) in [7, 11) is 1.80. The summed E-state index contributed by atoms with van der Waals surface area (Å²) in [6, 6.07) is 9.89. The first-order valence-corrected chi connectivity index (χ1v) is 13.5. The number of anilines is 2. The highest BCUT2D eigenvalue weighted by atomic mass is 19.1. The number of amides is 1. The Hall–Kier alpha value is -4.90. The fourth-order valence-electron chi connectivity index (χ4n) is 5.39. The molecule has 2 aromatic carbocycles. The number of nitrogens with one attached hydrogen (secondary N) is 1. The zero-order chi connectivity index (χ0) is 29.4. The molecule has 0 spiro atoms. The highest BCUT2D eigenvalue weighted by molar-refractivity contribution is 6.05. The first-order valence-electron chi connectivity index (χ1n) is 13.5. The van der Waals surface area contributed by atoms with Crippen molar-refractivity contribution in [3.8, 4) is 22.3 Å². The highest BCUT2D eigenvalue weighted by Crippen LogP contribution is 2.33. The maximum Gasteiger partial charge on any atom is 0.261 e. The van der Waals surface area contributed by atoms with Gasteiger partial charge in [-0.2, -0.15) is 0 Å².